The molecule has 1 aliphatic heterocycles. The van der Waals surface area contributed by atoms with Crippen molar-refractivity contribution >= 4 is 24.2 Å². The van der Waals surface area contributed by atoms with E-state index in [4.69, 9.17) is 0 Å². The number of carbonyl (C=O) groups excluding carboxylic acids is 2. The third kappa shape index (κ3) is 4.13. The fourth-order valence-corrected chi connectivity index (χ4v) is 3.79. The highest BCUT2D eigenvalue weighted by molar-refractivity contribution is 5.88. The first-order valence-corrected chi connectivity index (χ1v) is 8.02. The molecule has 2 amide bonds. The molecule has 0 aromatic heterocycles. The van der Waals surface area contributed by atoms with Gasteiger partial charge in [0, 0.05) is 19.1 Å². The molecule has 2 fully saturated rings. The van der Waals surface area contributed by atoms with Gasteiger partial charge in [0.2, 0.25) is 11.8 Å². The van der Waals surface area contributed by atoms with E-state index in [0.717, 1.165) is 32.4 Å². The van der Waals surface area contributed by atoms with Gasteiger partial charge in [0.25, 0.3) is 0 Å². The molecular formula is C16H30ClN3O2. The molecule has 6 heteroatoms. The Morgan fingerprint density at radius 2 is 2.00 bits per heavy atom. The van der Waals surface area contributed by atoms with E-state index in [0.29, 0.717) is 5.92 Å². The van der Waals surface area contributed by atoms with Crippen molar-refractivity contribution in [2.45, 2.75) is 52.0 Å². The average molecular weight is 332 g/mol. The summed E-state index contributed by atoms with van der Waals surface area (Å²) >= 11 is 0. The number of nitrogens with zero attached hydrogens (tertiary/aromatic N) is 1. The summed E-state index contributed by atoms with van der Waals surface area (Å²) in [5.41, 5.74) is -0.531. The van der Waals surface area contributed by atoms with Crippen LogP contribution in [0.15, 0.2) is 0 Å². The van der Waals surface area contributed by atoms with Crippen LogP contribution in [0.3, 0.4) is 0 Å². The summed E-state index contributed by atoms with van der Waals surface area (Å²) in [6.45, 7) is 7.69. The van der Waals surface area contributed by atoms with Crippen LogP contribution in [0, 0.1) is 11.3 Å². The predicted molar refractivity (Wildman–Crippen MR) is 90.0 cm³/mol. The topological polar surface area (TPSA) is 61.4 Å². The zero-order valence-electron chi connectivity index (χ0n) is 14.2. The van der Waals surface area contributed by atoms with Crippen LogP contribution >= 0.6 is 12.4 Å². The monoisotopic (exact) mass is 331 g/mol. The van der Waals surface area contributed by atoms with Crippen LogP contribution < -0.4 is 10.6 Å². The summed E-state index contributed by atoms with van der Waals surface area (Å²) in [4.78, 5) is 26.6. The Bertz CT molecular complexity index is 422. The van der Waals surface area contributed by atoms with Crippen molar-refractivity contribution in [3.8, 4) is 0 Å². The molecule has 0 aromatic carbocycles. The molecule has 0 aromatic rings. The molecule has 1 saturated heterocycles. The number of likely N-dealkylation sites (N-methyl/N-ethyl adjacent to an activating group) is 1. The number of nitrogens with one attached hydrogen (secondary N) is 2. The summed E-state index contributed by atoms with van der Waals surface area (Å²) in [7, 11) is 1.75. The number of amides is 2. The van der Waals surface area contributed by atoms with E-state index >= 15 is 0 Å². The second-order valence-corrected chi connectivity index (χ2v) is 7.69. The SMILES string of the molecule is CN(CC(=O)NC(C)(C)C)C(=O)[C@@]12CCCC[C@H]1CNC2.Cl. The number of hydrogen-bond donors (Lipinski definition) is 2. The van der Waals surface area contributed by atoms with Gasteiger partial charge in [-0.2, -0.15) is 0 Å². The minimum atomic E-state index is -0.269. The fourth-order valence-electron chi connectivity index (χ4n) is 3.79. The van der Waals surface area contributed by atoms with Gasteiger partial charge >= 0.3 is 0 Å². The third-order valence-corrected chi connectivity index (χ3v) is 4.71. The minimum absolute atomic E-state index is 0. The second-order valence-electron chi connectivity index (χ2n) is 7.69. The Balaban J connectivity index is 0.00000242. The molecule has 0 radical (unpaired) electrons. The summed E-state index contributed by atoms with van der Waals surface area (Å²) in [6.07, 6.45) is 4.41. The van der Waals surface area contributed by atoms with E-state index in [2.05, 4.69) is 10.6 Å². The van der Waals surface area contributed by atoms with Crippen molar-refractivity contribution in [3.63, 3.8) is 0 Å². The van der Waals surface area contributed by atoms with Gasteiger partial charge in [0.15, 0.2) is 0 Å². The molecule has 1 aliphatic carbocycles. The number of fused-ring (bicyclic) bond motifs is 1. The molecule has 0 unspecified atom stereocenters. The molecule has 2 aliphatic rings. The highest BCUT2D eigenvalue weighted by Gasteiger charge is 2.51. The number of carbonyl (C=O) groups is 2. The van der Waals surface area contributed by atoms with Gasteiger partial charge in [-0.25, -0.2) is 0 Å². The molecule has 1 saturated carbocycles. The lowest BCUT2D eigenvalue weighted by molar-refractivity contribution is -0.146. The molecule has 2 rings (SSSR count). The Kier molecular flexibility index (Phi) is 6.27. The first kappa shape index (κ1) is 19.2. The van der Waals surface area contributed by atoms with E-state index in [9.17, 15) is 9.59 Å². The van der Waals surface area contributed by atoms with Gasteiger partial charge in [-0.3, -0.25) is 9.59 Å². The van der Waals surface area contributed by atoms with Crippen molar-refractivity contribution < 1.29 is 9.59 Å². The van der Waals surface area contributed by atoms with Crippen molar-refractivity contribution in [3.05, 3.63) is 0 Å². The summed E-state index contributed by atoms with van der Waals surface area (Å²) in [5, 5.41) is 6.30. The first-order chi connectivity index (χ1) is 9.74. The maximum absolute atomic E-state index is 12.9. The van der Waals surface area contributed by atoms with Crippen LogP contribution in [-0.2, 0) is 9.59 Å². The maximum Gasteiger partial charge on any atom is 0.240 e. The maximum atomic E-state index is 12.9. The molecule has 1 heterocycles. The third-order valence-electron chi connectivity index (χ3n) is 4.71. The Labute approximate surface area is 140 Å². The van der Waals surface area contributed by atoms with E-state index in [1.807, 2.05) is 20.8 Å². The van der Waals surface area contributed by atoms with Gasteiger partial charge in [0.1, 0.15) is 0 Å². The van der Waals surface area contributed by atoms with Crippen LogP contribution in [0.4, 0.5) is 0 Å². The van der Waals surface area contributed by atoms with Crippen LogP contribution in [0.25, 0.3) is 0 Å². The molecule has 22 heavy (non-hydrogen) atoms. The van der Waals surface area contributed by atoms with Gasteiger partial charge in [-0.1, -0.05) is 12.8 Å². The van der Waals surface area contributed by atoms with E-state index in [-0.39, 0.29) is 41.7 Å². The Morgan fingerprint density at radius 3 is 2.64 bits per heavy atom. The van der Waals surface area contributed by atoms with Crippen LogP contribution in [0.1, 0.15) is 46.5 Å². The standard InChI is InChI=1S/C16H29N3O2.ClH/c1-15(2,3)18-13(20)10-19(4)14(21)16-8-6-5-7-12(16)9-17-11-16;/h12,17H,5-11H2,1-4H3,(H,18,20);1H/t12-,16+;/m0./s1. The quantitative estimate of drug-likeness (QED) is 0.825. The molecule has 128 valence electrons. The Morgan fingerprint density at radius 1 is 1.32 bits per heavy atom. The average Bonchev–Trinajstić information content (AvgIpc) is 2.80. The van der Waals surface area contributed by atoms with Crippen molar-refractivity contribution in [1.29, 1.82) is 0 Å². The molecule has 0 spiro atoms. The van der Waals surface area contributed by atoms with E-state index in [1.54, 1.807) is 11.9 Å². The van der Waals surface area contributed by atoms with E-state index in [1.165, 1.54) is 6.42 Å². The van der Waals surface area contributed by atoms with Crippen molar-refractivity contribution in [2.24, 2.45) is 11.3 Å². The van der Waals surface area contributed by atoms with Crippen LogP contribution in [0.2, 0.25) is 0 Å². The molecule has 2 atom stereocenters. The number of hydrogen-bond acceptors (Lipinski definition) is 3. The minimum Gasteiger partial charge on any atom is -0.350 e. The van der Waals surface area contributed by atoms with Crippen molar-refractivity contribution in [1.82, 2.24) is 15.5 Å². The number of rotatable bonds is 3. The molecule has 0 bridgehead atoms. The van der Waals surface area contributed by atoms with E-state index < -0.39 is 0 Å². The number of halogens is 1. The summed E-state index contributed by atoms with van der Waals surface area (Å²) < 4.78 is 0. The molecule has 5 nitrogen and oxygen atoms in total. The highest BCUT2D eigenvalue weighted by atomic mass is 35.5. The van der Waals surface area contributed by atoms with Crippen LogP contribution in [0.5, 0.6) is 0 Å². The fraction of sp³-hybridized carbons (Fsp3) is 0.875. The lowest BCUT2D eigenvalue weighted by Gasteiger charge is -2.39. The first-order valence-electron chi connectivity index (χ1n) is 8.02. The Hall–Kier alpha value is -0.810. The largest absolute Gasteiger partial charge is 0.350 e. The molecule has 2 N–H and O–H groups in total. The predicted octanol–water partition coefficient (Wildman–Crippen LogP) is 1.56. The van der Waals surface area contributed by atoms with Gasteiger partial charge in [-0.15, -0.1) is 12.4 Å². The summed E-state index contributed by atoms with van der Waals surface area (Å²) in [5.74, 6) is 0.487. The van der Waals surface area contributed by atoms with Crippen molar-refractivity contribution in [2.75, 3.05) is 26.7 Å². The second kappa shape index (κ2) is 7.18. The highest BCUT2D eigenvalue weighted by Crippen LogP contribution is 2.44. The molecular weight excluding hydrogens is 302 g/mol. The van der Waals surface area contributed by atoms with Crippen LogP contribution in [-0.4, -0.2) is 48.9 Å². The normalized spacial score (nSPS) is 27.5. The zero-order valence-corrected chi connectivity index (χ0v) is 15.0. The lowest BCUT2D eigenvalue weighted by Crippen LogP contribution is -2.52. The van der Waals surface area contributed by atoms with Gasteiger partial charge < -0.3 is 15.5 Å². The smallest absolute Gasteiger partial charge is 0.240 e. The summed E-state index contributed by atoms with van der Waals surface area (Å²) in [6, 6.07) is 0. The van der Waals surface area contributed by atoms with Gasteiger partial charge in [-0.05, 0) is 46.1 Å². The lowest BCUT2D eigenvalue weighted by atomic mass is 9.67. The zero-order chi connectivity index (χ0) is 15.7. The van der Waals surface area contributed by atoms with Gasteiger partial charge in [0.05, 0.1) is 12.0 Å².